The van der Waals surface area contributed by atoms with Crippen molar-refractivity contribution < 1.29 is 4.43 Å². The van der Waals surface area contributed by atoms with Crippen molar-refractivity contribution in [3.8, 4) is 0 Å². The molecular weight excluding hydrogens is 212 g/mol. The second-order valence-electron chi connectivity index (χ2n) is 5.08. The SMILES string of the molecule is CC[Si]1(CC)OC2CCCc3cccc1c32. The van der Waals surface area contributed by atoms with Gasteiger partial charge in [0.15, 0.2) is 0 Å². The third-order valence-electron chi connectivity index (χ3n) is 4.43. The summed E-state index contributed by atoms with van der Waals surface area (Å²) in [6, 6.07) is 9.37. The summed E-state index contributed by atoms with van der Waals surface area (Å²) in [7, 11) is -1.58. The predicted octanol–water partition coefficient (Wildman–Crippen LogP) is 3.29. The van der Waals surface area contributed by atoms with Crippen LogP contribution in [0.1, 0.15) is 43.9 Å². The molecule has 0 saturated carbocycles. The minimum Gasteiger partial charge on any atom is -0.405 e. The molecule has 1 atom stereocenters. The van der Waals surface area contributed by atoms with Gasteiger partial charge in [0.1, 0.15) is 0 Å². The predicted molar refractivity (Wildman–Crippen MR) is 69.6 cm³/mol. The van der Waals surface area contributed by atoms with Crippen LogP contribution in [0.5, 0.6) is 0 Å². The molecule has 0 spiro atoms. The lowest BCUT2D eigenvalue weighted by Crippen LogP contribution is -2.45. The zero-order valence-corrected chi connectivity index (χ0v) is 11.3. The van der Waals surface area contributed by atoms with E-state index >= 15 is 0 Å². The highest BCUT2D eigenvalue weighted by molar-refractivity contribution is 6.87. The average Bonchev–Trinajstić information content (AvgIpc) is 2.67. The largest absolute Gasteiger partial charge is 0.405 e. The van der Waals surface area contributed by atoms with Crippen LogP contribution in [0.25, 0.3) is 0 Å². The first kappa shape index (κ1) is 10.5. The van der Waals surface area contributed by atoms with Gasteiger partial charge >= 0.3 is 0 Å². The lowest BCUT2D eigenvalue weighted by molar-refractivity contribution is 0.189. The Labute approximate surface area is 99.0 Å². The van der Waals surface area contributed by atoms with Gasteiger partial charge in [0.05, 0.1) is 6.10 Å². The van der Waals surface area contributed by atoms with Gasteiger partial charge in [-0.05, 0) is 47.7 Å². The number of aryl methyl sites for hydroxylation is 1. The van der Waals surface area contributed by atoms with Gasteiger partial charge in [-0.3, -0.25) is 0 Å². The Morgan fingerprint density at radius 2 is 2.12 bits per heavy atom. The van der Waals surface area contributed by atoms with Gasteiger partial charge in [0.2, 0.25) is 8.32 Å². The van der Waals surface area contributed by atoms with Crippen LogP contribution in [0, 0.1) is 0 Å². The van der Waals surface area contributed by atoms with E-state index in [9.17, 15) is 0 Å². The van der Waals surface area contributed by atoms with E-state index in [1.54, 1.807) is 16.3 Å². The Bertz CT molecular complexity index is 409. The molecule has 2 aliphatic rings. The molecule has 0 aromatic heterocycles. The quantitative estimate of drug-likeness (QED) is 0.711. The highest BCUT2D eigenvalue weighted by atomic mass is 28.4. The van der Waals surface area contributed by atoms with E-state index in [1.165, 1.54) is 31.4 Å². The molecule has 86 valence electrons. The smallest absolute Gasteiger partial charge is 0.224 e. The van der Waals surface area contributed by atoms with E-state index in [4.69, 9.17) is 4.43 Å². The topological polar surface area (TPSA) is 9.23 Å². The summed E-state index contributed by atoms with van der Waals surface area (Å²) in [6.45, 7) is 4.62. The minimum absolute atomic E-state index is 0.450. The van der Waals surface area contributed by atoms with Gasteiger partial charge in [-0.25, -0.2) is 0 Å². The Morgan fingerprint density at radius 1 is 1.31 bits per heavy atom. The summed E-state index contributed by atoms with van der Waals surface area (Å²) in [5, 5.41) is 1.62. The maximum atomic E-state index is 6.54. The summed E-state index contributed by atoms with van der Waals surface area (Å²) in [5.41, 5.74) is 3.18. The average molecular weight is 232 g/mol. The Hall–Kier alpha value is -0.603. The summed E-state index contributed by atoms with van der Waals surface area (Å²) < 4.78 is 6.54. The summed E-state index contributed by atoms with van der Waals surface area (Å²) >= 11 is 0. The molecule has 1 unspecified atom stereocenters. The van der Waals surface area contributed by atoms with Gasteiger partial charge in [-0.1, -0.05) is 32.0 Å². The van der Waals surface area contributed by atoms with Gasteiger partial charge in [-0.15, -0.1) is 0 Å². The fourth-order valence-corrected chi connectivity index (χ4v) is 7.20. The molecule has 0 radical (unpaired) electrons. The molecule has 16 heavy (non-hydrogen) atoms. The van der Waals surface area contributed by atoms with E-state index in [0.29, 0.717) is 6.10 Å². The molecule has 1 aliphatic heterocycles. The lowest BCUT2D eigenvalue weighted by Gasteiger charge is -2.25. The Balaban J connectivity index is 2.18. The van der Waals surface area contributed by atoms with E-state index in [0.717, 1.165) is 0 Å². The van der Waals surface area contributed by atoms with Crippen LogP contribution >= 0.6 is 0 Å². The molecule has 0 bridgehead atoms. The number of hydrogen-bond donors (Lipinski definition) is 0. The van der Waals surface area contributed by atoms with Crippen molar-refractivity contribution in [2.75, 3.05) is 0 Å². The molecule has 1 heterocycles. The van der Waals surface area contributed by atoms with Crippen molar-refractivity contribution in [1.29, 1.82) is 0 Å². The van der Waals surface area contributed by atoms with Crippen molar-refractivity contribution in [3.63, 3.8) is 0 Å². The first-order valence-corrected chi connectivity index (χ1v) is 8.93. The number of benzene rings is 1. The van der Waals surface area contributed by atoms with Crippen LogP contribution in [0.2, 0.25) is 12.1 Å². The van der Waals surface area contributed by atoms with Crippen LogP contribution in [0.4, 0.5) is 0 Å². The first-order chi connectivity index (χ1) is 7.80. The second-order valence-corrected chi connectivity index (χ2v) is 9.26. The normalized spacial score (nSPS) is 25.5. The second kappa shape index (κ2) is 3.71. The maximum Gasteiger partial charge on any atom is 0.224 e. The monoisotopic (exact) mass is 232 g/mol. The standard InChI is InChI=1S/C14H20OSi/c1-3-16(4-2)13-10-6-8-11-7-5-9-12(15-16)14(11)13/h6,8,10,12H,3-5,7,9H2,1-2H3. The van der Waals surface area contributed by atoms with Crippen LogP contribution in [-0.2, 0) is 10.8 Å². The van der Waals surface area contributed by atoms with Crippen LogP contribution in [-0.4, -0.2) is 8.32 Å². The van der Waals surface area contributed by atoms with Crippen LogP contribution in [0.15, 0.2) is 18.2 Å². The third-order valence-corrected chi connectivity index (χ3v) is 8.87. The van der Waals surface area contributed by atoms with Crippen LogP contribution in [0.3, 0.4) is 0 Å². The maximum absolute atomic E-state index is 6.54. The highest BCUT2D eigenvalue weighted by Crippen LogP contribution is 2.41. The Kier molecular flexibility index (Phi) is 2.44. The van der Waals surface area contributed by atoms with E-state index in [-0.39, 0.29) is 0 Å². The van der Waals surface area contributed by atoms with Gasteiger partial charge in [0.25, 0.3) is 0 Å². The molecule has 2 heteroatoms. The molecule has 1 nitrogen and oxygen atoms in total. The molecule has 1 aliphatic carbocycles. The molecule has 0 saturated heterocycles. The number of rotatable bonds is 2. The van der Waals surface area contributed by atoms with Crippen molar-refractivity contribution in [3.05, 3.63) is 29.3 Å². The molecule has 0 amide bonds. The minimum atomic E-state index is -1.58. The summed E-state index contributed by atoms with van der Waals surface area (Å²) in [6.07, 6.45) is 4.27. The fourth-order valence-electron chi connectivity index (χ4n) is 3.48. The van der Waals surface area contributed by atoms with Crippen molar-refractivity contribution in [1.82, 2.24) is 0 Å². The van der Waals surface area contributed by atoms with Crippen molar-refractivity contribution >= 4 is 13.5 Å². The molecule has 0 fully saturated rings. The first-order valence-electron chi connectivity index (χ1n) is 6.61. The highest BCUT2D eigenvalue weighted by Gasteiger charge is 2.46. The molecule has 0 N–H and O–H groups in total. The van der Waals surface area contributed by atoms with Crippen molar-refractivity contribution in [2.45, 2.75) is 51.3 Å². The lowest BCUT2D eigenvalue weighted by atomic mass is 9.90. The zero-order valence-electron chi connectivity index (χ0n) is 10.3. The third kappa shape index (κ3) is 1.26. The Morgan fingerprint density at radius 3 is 2.88 bits per heavy atom. The van der Waals surface area contributed by atoms with E-state index in [1.807, 2.05) is 0 Å². The molecule has 1 aromatic rings. The van der Waals surface area contributed by atoms with Gasteiger partial charge in [0, 0.05) is 0 Å². The van der Waals surface area contributed by atoms with Crippen LogP contribution < -0.4 is 5.19 Å². The fraction of sp³-hybridized carbons (Fsp3) is 0.571. The van der Waals surface area contributed by atoms with Gasteiger partial charge in [-0.2, -0.15) is 0 Å². The summed E-state index contributed by atoms with van der Waals surface area (Å²) in [4.78, 5) is 0. The molecular formula is C14H20OSi. The summed E-state index contributed by atoms with van der Waals surface area (Å²) in [5.74, 6) is 0. The number of hydrogen-bond acceptors (Lipinski definition) is 1. The zero-order chi connectivity index (χ0) is 11.2. The van der Waals surface area contributed by atoms with E-state index < -0.39 is 8.32 Å². The molecule has 3 rings (SSSR count). The van der Waals surface area contributed by atoms with Crippen molar-refractivity contribution in [2.24, 2.45) is 0 Å². The van der Waals surface area contributed by atoms with Gasteiger partial charge < -0.3 is 4.43 Å². The van der Waals surface area contributed by atoms with E-state index in [2.05, 4.69) is 32.0 Å². The molecule has 1 aromatic carbocycles.